The fourth-order valence-corrected chi connectivity index (χ4v) is 4.56. The van der Waals surface area contributed by atoms with Crippen LogP contribution >= 0.6 is 24.0 Å². The fourth-order valence-electron chi connectivity index (χ4n) is 4.56. The number of methoxy groups -OCH3 is 1. The van der Waals surface area contributed by atoms with Crippen LogP contribution in [0.2, 0.25) is 0 Å². The summed E-state index contributed by atoms with van der Waals surface area (Å²) in [5, 5.41) is 3.65. The Morgan fingerprint density at radius 1 is 1.18 bits per heavy atom. The van der Waals surface area contributed by atoms with Crippen molar-refractivity contribution in [2.75, 3.05) is 51.8 Å². The predicted molar refractivity (Wildman–Crippen MR) is 129 cm³/mol. The molecular formula is C22H37IN4O. The third-order valence-electron chi connectivity index (χ3n) is 5.86. The Hall–Kier alpha value is -1.18. The van der Waals surface area contributed by atoms with Crippen LogP contribution in [-0.2, 0) is 0 Å². The Morgan fingerprint density at radius 2 is 1.93 bits per heavy atom. The molecule has 2 aliphatic rings. The molecule has 3 rings (SSSR count). The zero-order valence-electron chi connectivity index (χ0n) is 17.9. The molecule has 28 heavy (non-hydrogen) atoms. The summed E-state index contributed by atoms with van der Waals surface area (Å²) in [4.78, 5) is 9.44. The van der Waals surface area contributed by atoms with Crippen molar-refractivity contribution in [1.29, 1.82) is 0 Å². The molecule has 0 amide bonds. The van der Waals surface area contributed by atoms with E-state index in [9.17, 15) is 0 Å². The molecule has 0 aromatic heterocycles. The number of nitrogens with one attached hydrogen (secondary N) is 1. The zero-order chi connectivity index (χ0) is 19.2. The molecule has 0 saturated carbocycles. The van der Waals surface area contributed by atoms with Crippen molar-refractivity contribution in [2.24, 2.45) is 22.7 Å². The monoisotopic (exact) mass is 500 g/mol. The Bertz CT molecular complexity index is 637. The van der Waals surface area contributed by atoms with Gasteiger partial charge in [0.05, 0.1) is 12.8 Å². The highest BCUT2D eigenvalue weighted by Crippen LogP contribution is 2.31. The van der Waals surface area contributed by atoms with Gasteiger partial charge in [-0.1, -0.05) is 26.0 Å². The molecule has 2 atom stereocenters. The molecule has 0 spiro atoms. The van der Waals surface area contributed by atoms with Crippen LogP contribution in [-0.4, -0.2) is 57.7 Å². The Morgan fingerprint density at radius 3 is 2.64 bits per heavy atom. The second-order valence-corrected chi connectivity index (χ2v) is 8.43. The molecule has 1 N–H and O–H groups in total. The third-order valence-corrected chi connectivity index (χ3v) is 5.86. The van der Waals surface area contributed by atoms with Gasteiger partial charge >= 0.3 is 0 Å². The molecule has 0 radical (unpaired) electrons. The van der Waals surface area contributed by atoms with Crippen molar-refractivity contribution >= 4 is 35.6 Å². The van der Waals surface area contributed by atoms with Crippen LogP contribution < -0.4 is 15.0 Å². The molecular weight excluding hydrogens is 463 g/mol. The van der Waals surface area contributed by atoms with E-state index in [1.165, 1.54) is 24.9 Å². The van der Waals surface area contributed by atoms with Crippen LogP contribution in [0.25, 0.3) is 0 Å². The minimum atomic E-state index is 0. The lowest BCUT2D eigenvalue weighted by Crippen LogP contribution is -2.42. The topological polar surface area (TPSA) is 40.1 Å². The molecule has 2 saturated heterocycles. The number of guanidine groups is 1. The standard InChI is InChI=1S/C22H36N4O.HI/c1-17(2)13-18-9-12-26(15-18)22(23-3)24-14-19-10-11-25(16-19)20-7-5-6-8-21(20)27-4;/h5-8,17-19H,9-16H2,1-4H3,(H,23,24);1H. The quantitative estimate of drug-likeness (QED) is 0.363. The third kappa shape index (κ3) is 5.91. The number of para-hydroxylation sites is 2. The van der Waals surface area contributed by atoms with Gasteiger partial charge in [-0.2, -0.15) is 0 Å². The van der Waals surface area contributed by atoms with Crippen molar-refractivity contribution < 1.29 is 4.74 Å². The highest BCUT2D eigenvalue weighted by atomic mass is 127. The second kappa shape index (κ2) is 11.1. The van der Waals surface area contributed by atoms with Gasteiger partial charge in [0, 0.05) is 39.8 Å². The average molecular weight is 500 g/mol. The van der Waals surface area contributed by atoms with E-state index in [0.717, 1.165) is 56.3 Å². The number of aliphatic imine (C=N–C) groups is 1. The Balaban J connectivity index is 0.00000280. The first kappa shape index (κ1) is 23.1. The minimum Gasteiger partial charge on any atom is -0.495 e. The first-order valence-corrected chi connectivity index (χ1v) is 10.4. The number of hydrogen-bond acceptors (Lipinski definition) is 3. The average Bonchev–Trinajstić information content (AvgIpc) is 3.32. The number of halogens is 1. The maximum atomic E-state index is 5.53. The Kier molecular flexibility index (Phi) is 9.18. The summed E-state index contributed by atoms with van der Waals surface area (Å²) >= 11 is 0. The number of hydrogen-bond donors (Lipinski definition) is 1. The first-order chi connectivity index (χ1) is 13.1. The molecule has 2 unspecified atom stereocenters. The molecule has 0 aliphatic carbocycles. The SMILES string of the molecule is CN=C(NCC1CCN(c2ccccc2OC)C1)N1CCC(CC(C)C)C1.I. The number of rotatable bonds is 6. The summed E-state index contributed by atoms with van der Waals surface area (Å²) in [7, 11) is 3.66. The highest BCUT2D eigenvalue weighted by Gasteiger charge is 2.28. The number of likely N-dealkylation sites (tertiary alicyclic amines) is 1. The summed E-state index contributed by atoms with van der Waals surface area (Å²) in [6, 6.07) is 8.33. The number of anilines is 1. The zero-order valence-corrected chi connectivity index (χ0v) is 20.2. The summed E-state index contributed by atoms with van der Waals surface area (Å²) in [5.41, 5.74) is 1.21. The lowest BCUT2D eigenvalue weighted by Gasteiger charge is -2.24. The van der Waals surface area contributed by atoms with Gasteiger partial charge in [-0.15, -0.1) is 24.0 Å². The van der Waals surface area contributed by atoms with E-state index in [4.69, 9.17) is 4.74 Å². The van der Waals surface area contributed by atoms with Gasteiger partial charge in [0.2, 0.25) is 0 Å². The van der Waals surface area contributed by atoms with E-state index >= 15 is 0 Å². The smallest absolute Gasteiger partial charge is 0.193 e. The van der Waals surface area contributed by atoms with Crippen molar-refractivity contribution in [3.8, 4) is 5.75 Å². The Labute approximate surface area is 187 Å². The predicted octanol–water partition coefficient (Wildman–Crippen LogP) is 4.08. The van der Waals surface area contributed by atoms with Gasteiger partial charge in [-0.3, -0.25) is 4.99 Å². The molecule has 158 valence electrons. The van der Waals surface area contributed by atoms with Crippen LogP contribution in [0.3, 0.4) is 0 Å². The molecule has 1 aromatic rings. The number of ether oxygens (including phenoxy) is 1. The van der Waals surface area contributed by atoms with Crippen LogP contribution in [0.5, 0.6) is 5.75 Å². The molecule has 2 aliphatic heterocycles. The van der Waals surface area contributed by atoms with E-state index in [1.54, 1.807) is 7.11 Å². The summed E-state index contributed by atoms with van der Waals surface area (Å²) in [6.45, 7) is 10.1. The minimum absolute atomic E-state index is 0. The molecule has 2 fully saturated rings. The number of benzene rings is 1. The van der Waals surface area contributed by atoms with E-state index in [2.05, 4.69) is 46.1 Å². The molecule has 6 heteroatoms. The van der Waals surface area contributed by atoms with Crippen LogP contribution in [0.1, 0.15) is 33.1 Å². The fraction of sp³-hybridized carbons (Fsp3) is 0.682. The summed E-state index contributed by atoms with van der Waals surface area (Å²) in [5.74, 6) is 4.29. The van der Waals surface area contributed by atoms with Crippen LogP contribution in [0.4, 0.5) is 5.69 Å². The van der Waals surface area contributed by atoms with E-state index in [0.29, 0.717) is 5.92 Å². The van der Waals surface area contributed by atoms with E-state index in [-0.39, 0.29) is 24.0 Å². The highest BCUT2D eigenvalue weighted by molar-refractivity contribution is 14.0. The maximum Gasteiger partial charge on any atom is 0.193 e. The van der Waals surface area contributed by atoms with Crippen molar-refractivity contribution in [3.05, 3.63) is 24.3 Å². The van der Waals surface area contributed by atoms with Gasteiger partial charge in [0.25, 0.3) is 0 Å². The largest absolute Gasteiger partial charge is 0.495 e. The first-order valence-electron chi connectivity index (χ1n) is 10.4. The lowest BCUT2D eigenvalue weighted by atomic mass is 9.97. The van der Waals surface area contributed by atoms with Gasteiger partial charge in [-0.25, -0.2) is 0 Å². The van der Waals surface area contributed by atoms with Gasteiger partial charge in [0.15, 0.2) is 5.96 Å². The van der Waals surface area contributed by atoms with Gasteiger partial charge in [-0.05, 0) is 49.1 Å². The summed E-state index contributed by atoms with van der Waals surface area (Å²) < 4.78 is 5.53. The van der Waals surface area contributed by atoms with Gasteiger partial charge in [0.1, 0.15) is 5.75 Å². The summed E-state index contributed by atoms with van der Waals surface area (Å²) in [6.07, 6.45) is 3.83. The molecule has 1 aromatic carbocycles. The van der Waals surface area contributed by atoms with Crippen LogP contribution in [0.15, 0.2) is 29.3 Å². The van der Waals surface area contributed by atoms with Crippen molar-refractivity contribution in [3.63, 3.8) is 0 Å². The lowest BCUT2D eigenvalue weighted by molar-refractivity contribution is 0.401. The molecule has 0 bridgehead atoms. The number of nitrogens with zero attached hydrogens (tertiary/aromatic N) is 3. The van der Waals surface area contributed by atoms with Crippen LogP contribution in [0, 0.1) is 17.8 Å². The normalized spacial score (nSPS) is 22.5. The van der Waals surface area contributed by atoms with E-state index < -0.39 is 0 Å². The second-order valence-electron chi connectivity index (χ2n) is 8.43. The van der Waals surface area contributed by atoms with Crippen molar-refractivity contribution in [2.45, 2.75) is 33.1 Å². The van der Waals surface area contributed by atoms with Crippen molar-refractivity contribution in [1.82, 2.24) is 10.2 Å². The molecule has 2 heterocycles. The van der Waals surface area contributed by atoms with E-state index in [1.807, 2.05) is 19.2 Å². The molecule has 5 nitrogen and oxygen atoms in total. The van der Waals surface area contributed by atoms with Gasteiger partial charge < -0.3 is 19.9 Å². The maximum absolute atomic E-state index is 5.53.